The number of fused-ring (bicyclic) bond motifs is 1. The summed E-state index contributed by atoms with van der Waals surface area (Å²) >= 11 is 0. The Morgan fingerprint density at radius 3 is 2.04 bits per heavy atom. The van der Waals surface area contributed by atoms with Crippen LogP contribution >= 0.6 is 7.92 Å². The average molecular weight is 346 g/mol. The zero-order valence-corrected chi connectivity index (χ0v) is 15.2. The number of hydrogen-bond donors (Lipinski definition) is 0. The van der Waals surface area contributed by atoms with Gasteiger partial charge in [0.15, 0.2) is 5.82 Å². The minimum atomic E-state index is -0.547. The maximum absolute atomic E-state index is 4.70. The van der Waals surface area contributed by atoms with Gasteiger partial charge in [0.1, 0.15) is 0 Å². The molecule has 0 spiro atoms. The van der Waals surface area contributed by atoms with Crippen molar-refractivity contribution in [2.24, 2.45) is 0 Å². The second kappa shape index (κ2) is 6.73. The molecule has 0 aliphatic rings. The van der Waals surface area contributed by atoms with Crippen molar-refractivity contribution in [1.82, 2.24) is 19.6 Å². The van der Waals surface area contributed by atoms with Gasteiger partial charge in [0.2, 0.25) is 0 Å². The van der Waals surface area contributed by atoms with Crippen LogP contribution in [0.1, 0.15) is 17.2 Å². The summed E-state index contributed by atoms with van der Waals surface area (Å²) in [5, 5.41) is 7.38. The topological polar surface area (TPSA) is 43.1 Å². The van der Waals surface area contributed by atoms with E-state index in [0.29, 0.717) is 5.78 Å². The van der Waals surface area contributed by atoms with Gasteiger partial charge in [-0.05, 0) is 38.4 Å². The fraction of sp³-hybridized carbons (Fsp3) is 0.150. The van der Waals surface area contributed by atoms with Gasteiger partial charge in [-0.3, -0.25) is 0 Å². The lowest BCUT2D eigenvalue weighted by Gasteiger charge is -2.16. The summed E-state index contributed by atoms with van der Waals surface area (Å²) in [4.78, 5) is 9.19. The number of benzene rings is 2. The summed E-state index contributed by atoms with van der Waals surface area (Å²) in [7, 11) is -0.547. The van der Waals surface area contributed by atoms with Gasteiger partial charge in [-0.15, -0.1) is 5.10 Å². The molecule has 0 aliphatic carbocycles. The molecule has 0 atom stereocenters. The van der Waals surface area contributed by atoms with Gasteiger partial charge < -0.3 is 0 Å². The van der Waals surface area contributed by atoms with Crippen LogP contribution < -0.4 is 10.6 Å². The quantitative estimate of drug-likeness (QED) is 0.532. The molecule has 4 rings (SSSR count). The van der Waals surface area contributed by atoms with Gasteiger partial charge in [-0.25, -0.2) is 9.50 Å². The van der Waals surface area contributed by atoms with Gasteiger partial charge in [-0.2, -0.15) is 4.98 Å². The first-order valence-electron chi connectivity index (χ1n) is 8.28. The number of aromatic nitrogens is 4. The molecule has 25 heavy (non-hydrogen) atoms. The molecular formula is C20H19N4P. The highest BCUT2D eigenvalue weighted by Crippen LogP contribution is 2.36. The van der Waals surface area contributed by atoms with Crippen LogP contribution in [0.3, 0.4) is 0 Å². The highest BCUT2D eigenvalue weighted by molar-refractivity contribution is 7.72. The monoisotopic (exact) mass is 346 g/mol. The lowest BCUT2D eigenvalue weighted by Crippen LogP contribution is -2.13. The van der Waals surface area contributed by atoms with E-state index in [2.05, 4.69) is 70.6 Å². The third kappa shape index (κ3) is 3.31. The molecular weight excluding hydrogens is 327 g/mol. The molecule has 0 saturated heterocycles. The van der Waals surface area contributed by atoms with Crippen molar-refractivity contribution in [2.45, 2.75) is 20.0 Å². The molecule has 0 bridgehead atoms. The Morgan fingerprint density at radius 1 is 0.840 bits per heavy atom. The van der Waals surface area contributed by atoms with Gasteiger partial charge in [0.25, 0.3) is 5.78 Å². The fourth-order valence-electron chi connectivity index (χ4n) is 2.96. The highest BCUT2D eigenvalue weighted by atomic mass is 31.1. The molecule has 2 aromatic carbocycles. The zero-order chi connectivity index (χ0) is 17.2. The largest absolute Gasteiger partial charge is 0.252 e. The first-order valence-corrected chi connectivity index (χ1v) is 9.81. The third-order valence-electron chi connectivity index (χ3n) is 4.10. The Morgan fingerprint density at radius 2 is 1.44 bits per heavy atom. The van der Waals surface area contributed by atoms with Crippen molar-refractivity contribution >= 4 is 24.3 Å². The summed E-state index contributed by atoms with van der Waals surface area (Å²) in [6, 6.07) is 23.3. The molecule has 0 aliphatic heterocycles. The molecule has 0 amide bonds. The third-order valence-corrected chi connectivity index (χ3v) is 6.54. The van der Waals surface area contributed by atoms with Crippen molar-refractivity contribution in [2.75, 3.05) is 0 Å². The predicted molar refractivity (Wildman–Crippen MR) is 103 cm³/mol. The predicted octanol–water partition coefficient (Wildman–Crippen LogP) is 3.37. The van der Waals surface area contributed by atoms with Crippen molar-refractivity contribution in [3.8, 4) is 0 Å². The Hall–Kier alpha value is -2.58. The van der Waals surface area contributed by atoms with Crippen LogP contribution in [0.15, 0.2) is 66.7 Å². The van der Waals surface area contributed by atoms with E-state index in [4.69, 9.17) is 5.10 Å². The van der Waals surface area contributed by atoms with Crippen LogP contribution in [-0.4, -0.2) is 19.6 Å². The first-order chi connectivity index (χ1) is 12.2. The van der Waals surface area contributed by atoms with Crippen LogP contribution in [0.4, 0.5) is 0 Å². The van der Waals surface area contributed by atoms with Crippen LogP contribution in [0, 0.1) is 13.8 Å². The molecule has 0 N–H and O–H groups in total. The van der Waals surface area contributed by atoms with E-state index in [9.17, 15) is 0 Å². The van der Waals surface area contributed by atoms with E-state index in [0.717, 1.165) is 23.4 Å². The Labute approximate surface area is 148 Å². The van der Waals surface area contributed by atoms with E-state index >= 15 is 0 Å². The van der Waals surface area contributed by atoms with E-state index in [1.807, 2.05) is 24.4 Å². The smallest absolute Gasteiger partial charge is 0.216 e. The normalized spacial score (nSPS) is 11.3. The molecule has 0 unspecified atom stereocenters. The fourth-order valence-corrected chi connectivity index (χ4v) is 5.11. The number of hydrogen-bond acceptors (Lipinski definition) is 3. The maximum atomic E-state index is 4.70. The molecule has 0 saturated carbocycles. The summed E-state index contributed by atoms with van der Waals surface area (Å²) in [6.45, 7) is 4.03. The second-order valence-electron chi connectivity index (χ2n) is 6.04. The Balaban J connectivity index is 1.75. The van der Waals surface area contributed by atoms with Gasteiger partial charge in [0.05, 0.1) is 0 Å². The molecule has 2 aromatic heterocycles. The molecule has 5 heteroatoms. The lowest BCUT2D eigenvalue weighted by molar-refractivity contribution is 0.866. The summed E-state index contributed by atoms with van der Waals surface area (Å²) in [6.07, 6.45) is 0.811. The molecule has 2 heterocycles. The molecule has 4 aromatic rings. The number of rotatable bonds is 4. The molecule has 0 radical (unpaired) electrons. The van der Waals surface area contributed by atoms with Crippen LogP contribution in [-0.2, 0) is 6.16 Å². The minimum Gasteiger partial charge on any atom is -0.216 e. The van der Waals surface area contributed by atoms with E-state index in [-0.39, 0.29) is 0 Å². The molecule has 124 valence electrons. The summed E-state index contributed by atoms with van der Waals surface area (Å²) in [5.74, 6) is 1.53. The number of nitrogens with zero attached hydrogens (tertiary/aromatic N) is 4. The van der Waals surface area contributed by atoms with Crippen LogP contribution in [0.25, 0.3) is 5.78 Å². The average Bonchev–Trinajstić information content (AvgIpc) is 3.04. The number of aryl methyl sites for hydroxylation is 2. The zero-order valence-electron chi connectivity index (χ0n) is 14.3. The van der Waals surface area contributed by atoms with E-state index < -0.39 is 7.92 Å². The summed E-state index contributed by atoms with van der Waals surface area (Å²) < 4.78 is 1.84. The van der Waals surface area contributed by atoms with E-state index in [1.165, 1.54) is 10.6 Å². The van der Waals surface area contributed by atoms with Gasteiger partial charge in [-0.1, -0.05) is 60.7 Å². The van der Waals surface area contributed by atoms with Crippen LogP contribution in [0.5, 0.6) is 0 Å². The Kier molecular flexibility index (Phi) is 4.29. The maximum Gasteiger partial charge on any atom is 0.252 e. The molecule has 0 fully saturated rings. The standard InChI is InChI=1S/C20H19N4P/c1-15-13-16(2)24-20(21-15)22-19(23-24)14-25(17-9-5-3-6-10-17)18-11-7-4-8-12-18/h3-13H,14H2,1-2H3. The second-order valence-corrected chi connectivity index (χ2v) is 8.24. The van der Waals surface area contributed by atoms with Gasteiger partial charge in [0, 0.05) is 17.5 Å². The van der Waals surface area contributed by atoms with Crippen molar-refractivity contribution in [3.63, 3.8) is 0 Å². The molecule has 4 nitrogen and oxygen atoms in total. The SMILES string of the molecule is Cc1cc(C)n2nc(CP(c3ccccc3)c3ccccc3)nc2n1. The van der Waals surface area contributed by atoms with E-state index in [1.54, 1.807) is 0 Å². The van der Waals surface area contributed by atoms with Gasteiger partial charge >= 0.3 is 0 Å². The minimum absolute atomic E-state index is 0.547. The summed E-state index contributed by atoms with van der Waals surface area (Å²) in [5.41, 5.74) is 2.03. The van der Waals surface area contributed by atoms with Crippen LogP contribution in [0.2, 0.25) is 0 Å². The lowest BCUT2D eigenvalue weighted by atomic mass is 10.4. The Bertz CT molecular complexity index is 957. The van der Waals surface area contributed by atoms with Crippen molar-refractivity contribution in [1.29, 1.82) is 0 Å². The van der Waals surface area contributed by atoms with Crippen molar-refractivity contribution in [3.05, 3.63) is 83.9 Å². The van der Waals surface area contributed by atoms with Crippen molar-refractivity contribution < 1.29 is 0 Å². The highest BCUT2D eigenvalue weighted by Gasteiger charge is 2.17. The first kappa shape index (κ1) is 15.9.